The lowest BCUT2D eigenvalue weighted by Gasteiger charge is -2.30. The summed E-state index contributed by atoms with van der Waals surface area (Å²) in [6, 6.07) is 14.3. The molecule has 0 radical (unpaired) electrons. The monoisotopic (exact) mass is 454 g/mol. The largest absolute Gasteiger partial charge is 0.465 e. The zero-order valence-corrected chi connectivity index (χ0v) is 18.3. The van der Waals surface area contributed by atoms with Crippen LogP contribution in [-0.2, 0) is 16.1 Å². The average molecular weight is 455 g/mol. The number of piperidine rings is 1. The first-order valence-electron chi connectivity index (χ1n) is 10.3. The van der Waals surface area contributed by atoms with Crippen LogP contribution in [0.4, 0.5) is 5.69 Å². The van der Waals surface area contributed by atoms with Crippen LogP contribution in [0, 0.1) is 5.92 Å². The molecular weight excluding hydrogens is 432 g/mol. The highest BCUT2D eigenvalue weighted by Crippen LogP contribution is 2.26. The number of carbonyl (C=O) groups is 2. The summed E-state index contributed by atoms with van der Waals surface area (Å²) in [5, 5.41) is 7.27. The van der Waals surface area contributed by atoms with Crippen LogP contribution in [0.15, 0.2) is 53.1 Å². The number of ether oxygens (including phenoxy) is 1. The number of aromatic nitrogens is 2. The molecule has 32 heavy (non-hydrogen) atoms. The summed E-state index contributed by atoms with van der Waals surface area (Å²) in [6.07, 6.45) is 1.39. The maximum Gasteiger partial charge on any atom is 0.337 e. The summed E-state index contributed by atoms with van der Waals surface area (Å²) in [7, 11) is 1.31. The highest BCUT2D eigenvalue weighted by Gasteiger charge is 2.26. The lowest BCUT2D eigenvalue weighted by atomic mass is 9.95. The number of benzene rings is 2. The van der Waals surface area contributed by atoms with E-state index in [4.69, 9.17) is 20.9 Å². The molecule has 2 heterocycles. The topological polar surface area (TPSA) is 97.6 Å². The van der Waals surface area contributed by atoms with E-state index in [1.54, 1.807) is 12.1 Å². The number of hydrogen-bond donors (Lipinski definition) is 1. The first-order chi connectivity index (χ1) is 15.5. The first-order valence-corrected chi connectivity index (χ1v) is 10.7. The molecule has 1 fully saturated rings. The molecule has 4 rings (SSSR count). The molecule has 9 heteroatoms. The van der Waals surface area contributed by atoms with Crippen LogP contribution in [0.5, 0.6) is 0 Å². The Labute approximate surface area is 190 Å². The molecule has 1 N–H and O–H groups in total. The van der Waals surface area contributed by atoms with Crippen molar-refractivity contribution in [1.82, 2.24) is 15.0 Å². The summed E-state index contributed by atoms with van der Waals surface area (Å²) < 4.78 is 10.1. The smallest absolute Gasteiger partial charge is 0.337 e. The minimum absolute atomic E-state index is 0.113. The maximum absolute atomic E-state index is 12.8. The fourth-order valence-electron chi connectivity index (χ4n) is 3.67. The van der Waals surface area contributed by atoms with Gasteiger partial charge in [0.25, 0.3) is 0 Å². The number of anilines is 1. The lowest BCUT2D eigenvalue weighted by Crippen LogP contribution is -2.37. The Hall–Kier alpha value is -3.23. The van der Waals surface area contributed by atoms with Crippen LogP contribution in [0.2, 0.25) is 5.02 Å². The van der Waals surface area contributed by atoms with Crippen molar-refractivity contribution < 1.29 is 18.8 Å². The molecule has 1 amide bonds. The van der Waals surface area contributed by atoms with E-state index in [0.717, 1.165) is 18.7 Å². The first kappa shape index (κ1) is 22.0. The van der Waals surface area contributed by atoms with Crippen molar-refractivity contribution in [3.63, 3.8) is 0 Å². The van der Waals surface area contributed by atoms with Crippen LogP contribution >= 0.6 is 11.6 Å². The number of methoxy groups -OCH3 is 1. The van der Waals surface area contributed by atoms with Crippen LogP contribution in [0.1, 0.15) is 29.1 Å². The number of halogens is 1. The van der Waals surface area contributed by atoms with E-state index >= 15 is 0 Å². The predicted molar refractivity (Wildman–Crippen MR) is 119 cm³/mol. The van der Waals surface area contributed by atoms with Gasteiger partial charge in [-0.3, -0.25) is 9.69 Å². The van der Waals surface area contributed by atoms with E-state index in [1.165, 1.54) is 13.2 Å². The van der Waals surface area contributed by atoms with Gasteiger partial charge >= 0.3 is 5.97 Å². The molecule has 1 aliphatic heterocycles. The second-order valence-corrected chi connectivity index (χ2v) is 8.01. The molecule has 1 aromatic heterocycles. The highest BCUT2D eigenvalue weighted by molar-refractivity contribution is 6.33. The molecule has 0 aliphatic carbocycles. The van der Waals surface area contributed by atoms with Gasteiger partial charge in [0.2, 0.25) is 17.6 Å². The van der Waals surface area contributed by atoms with Crippen LogP contribution < -0.4 is 5.32 Å². The Balaban J connectivity index is 1.31. The van der Waals surface area contributed by atoms with E-state index in [2.05, 4.69) is 20.4 Å². The van der Waals surface area contributed by atoms with Gasteiger partial charge in [-0.25, -0.2) is 4.79 Å². The van der Waals surface area contributed by atoms with Gasteiger partial charge in [0.05, 0.1) is 29.9 Å². The normalized spacial score (nSPS) is 14.8. The number of likely N-dealkylation sites (tertiary alicyclic amines) is 1. The molecule has 1 saturated heterocycles. The minimum Gasteiger partial charge on any atom is -0.465 e. The number of amides is 1. The SMILES string of the molecule is COC(=O)c1ccc(Cl)c(NC(=O)C2CCN(Cc3nc(-c4ccccc4)no3)CC2)c1. The molecule has 2 aromatic carbocycles. The van der Waals surface area contributed by atoms with Gasteiger partial charge in [-0.05, 0) is 44.1 Å². The number of nitrogens with one attached hydrogen (secondary N) is 1. The van der Waals surface area contributed by atoms with Crippen molar-refractivity contribution in [2.45, 2.75) is 19.4 Å². The van der Waals surface area contributed by atoms with E-state index < -0.39 is 5.97 Å². The predicted octanol–water partition coefficient (Wildman–Crippen LogP) is 4.03. The number of nitrogens with zero attached hydrogens (tertiary/aromatic N) is 3. The van der Waals surface area contributed by atoms with Crippen molar-refractivity contribution in [2.75, 3.05) is 25.5 Å². The second-order valence-electron chi connectivity index (χ2n) is 7.60. The third kappa shape index (κ3) is 5.15. The zero-order valence-electron chi connectivity index (χ0n) is 17.6. The van der Waals surface area contributed by atoms with Crippen molar-refractivity contribution in [3.05, 3.63) is 65.0 Å². The average Bonchev–Trinajstić information content (AvgIpc) is 3.29. The Morgan fingerprint density at radius 3 is 2.66 bits per heavy atom. The summed E-state index contributed by atoms with van der Waals surface area (Å²) >= 11 is 6.19. The number of rotatable bonds is 6. The molecule has 0 atom stereocenters. The highest BCUT2D eigenvalue weighted by atomic mass is 35.5. The molecular formula is C23H23ClN4O4. The molecule has 8 nitrogen and oxygen atoms in total. The standard InChI is InChI=1S/C23H23ClN4O4/c1-31-23(30)17-7-8-18(24)19(13-17)25-22(29)16-9-11-28(12-10-16)14-20-26-21(27-32-20)15-5-3-2-4-6-15/h2-8,13,16H,9-12,14H2,1H3,(H,25,29). The fourth-order valence-corrected chi connectivity index (χ4v) is 3.83. The Kier molecular flexibility index (Phi) is 6.82. The molecule has 166 valence electrons. The third-order valence-corrected chi connectivity index (χ3v) is 5.79. The summed E-state index contributed by atoms with van der Waals surface area (Å²) in [6.45, 7) is 2.01. The van der Waals surface area contributed by atoms with Gasteiger partial charge in [-0.15, -0.1) is 0 Å². The van der Waals surface area contributed by atoms with Gasteiger partial charge in [-0.1, -0.05) is 47.1 Å². The quantitative estimate of drug-likeness (QED) is 0.561. The van der Waals surface area contributed by atoms with Gasteiger partial charge < -0.3 is 14.6 Å². The van der Waals surface area contributed by atoms with Crippen molar-refractivity contribution in [2.24, 2.45) is 5.92 Å². The molecule has 3 aromatic rings. The molecule has 0 saturated carbocycles. The van der Waals surface area contributed by atoms with Gasteiger partial charge in [-0.2, -0.15) is 4.98 Å². The van der Waals surface area contributed by atoms with E-state index in [1.807, 2.05) is 30.3 Å². The molecule has 0 spiro atoms. The van der Waals surface area contributed by atoms with Crippen LogP contribution in [-0.4, -0.2) is 47.1 Å². The Bertz CT molecular complexity index is 1090. The maximum atomic E-state index is 12.8. The molecule has 1 aliphatic rings. The molecule has 0 bridgehead atoms. The Morgan fingerprint density at radius 1 is 1.19 bits per heavy atom. The fraction of sp³-hybridized carbons (Fsp3) is 0.304. The summed E-state index contributed by atoms with van der Waals surface area (Å²) in [4.78, 5) is 31.1. The summed E-state index contributed by atoms with van der Waals surface area (Å²) in [5.74, 6) is 0.380. The molecule has 0 unspecified atom stereocenters. The van der Waals surface area contributed by atoms with Gasteiger partial charge in [0.1, 0.15) is 0 Å². The number of esters is 1. The van der Waals surface area contributed by atoms with Crippen molar-refractivity contribution in [1.29, 1.82) is 0 Å². The van der Waals surface area contributed by atoms with Crippen molar-refractivity contribution in [3.8, 4) is 11.4 Å². The lowest BCUT2D eigenvalue weighted by molar-refractivity contribution is -0.121. The number of hydrogen-bond acceptors (Lipinski definition) is 7. The summed E-state index contributed by atoms with van der Waals surface area (Å²) in [5.41, 5.74) is 1.64. The number of carbonyl (C=O) groups excluding carboxylic acids is 2. The van der Waals surface area contributed by atoms with Crippen LogP contribution in [0.3, 0.4) is 0 Å². The van der Waals surface area contributed by atoms with Gasteiger partial charge in [0.15, 0.2) is 0 Å². The minimum atomic E-state index is -0.484. The van der Waals surface area contributed by atoms with Crippen LogP contribution in [0.25, 0.3) is 11.4 Å². The van der Waals surface area contributed by atoms with E-state index in [0.29, 0.717) is 47.4 Å². The second kappa shape index (κ2) is 9.93. The van der Waals surface area contributed by atoms with Gasteiger partial charge in [0, 0.05) is 11.5 Å². The van der Waals surface area contributed by atoms with Crippen molar-refractivity contribution >= 4 is 29.2 Å². The Morgan fingerprint density at radius 2 is 1.94 bits per heavy atom. The van der Waals surface area contributed by atoms with E-state index in [-0.39, 0.29) is 11.8 Å². The third-order valence-electron chi connectivity index (χ3n) is 5.46. The van der Waals surface area contributed by atoms with E-state index in [9.17, 15) is 9.59 Å². The zero-order chi connectivity index (χ0) is 22.5.